The molecular weight excluding hydrogens is 261 g/mol. The second kappa shape index (κ2) is 6.33. The lowest BCUT2D eigenvalue weighted by atomic mass is 10.4. The molecule has 108 valence electrons. The van der Waals surface area contributed by atoms with Crippen LogP contribution in [0.3, 0.4) is 0 Å². The SMILES string of the molecule is FC(F)(F)COCCCn1ncnc1CNC1CC1. The van der Waals surface area contributed by atoms with Gasteiger partial charge in [0.2, 0.25) is 0 Å². The third-order valence-electron chi connectivity index (χ3n) is 2.75. The number of aryl methyl sites for hydroxylation is 1. The number of nitrogens with one attached hydrogen (secondary N) is 1. The van der Waals surface area contributed by atoms with E-state index < -0.39 is 12.8 Å². The van der Waals surface area contributed by atoms with Crippen LogP contribution in [-0.2, 0) is 17.8 Å². The first kappa shape index (κ1) is 14.3. The van der Waals surface area contributed by atoms with Gasteiger partial charge in [-0.2, -0.15) is 18.3 Å². The molecule has 8 heteroatoms. The summed E-state index contributed by atoms with van der Waals surface area (Å²) in [6.45, 7) is 0.0307. The van der Waals surface area contributed by atoms with E-state index in [9.17, 15) is 13.2 Å². The summed E-state index contributed by atoms with van der Waals surface area (Å²) in [6.07, 6.45) is 0.0712. The normalized spacial score (nSPS) is 15.9. The van der Waals surface area contributed by atoms with Crippen LogP contribution in [0.4, 0.5) is 13.2 Å². The van der Waals surface area contributed by atoms with Gasteiger partial charge in [-0.05, 0) is 19.3 Å². The highest BCUT2D eigenvalue weighted by molar-refractivity contribution is 4.88. The van der Waals surface area contributed by atoms with Crippen molar-refractivity contribution >= 4 is 0 Å². The van der Waals surface area contributed by atoms with E-state index in [0.29, 0.717) is 25.6 Å². The molecule has 0 saturated heterocycles. The quantitative estimate of drug-likeness (QED) is 0.732. The van der Waals surface area contributed by atoms with Crippen molar-refractivity contribution in [2.45, 2.75) is 44.6 Å². The molecule has 0 radical (unpaired) electrons. The Labute approximate surface area is 109 Å². The van der Waals surface area contributed by atoms with E-state index >= 15 is 0 Å². The van der Waals surface area contributed by atoms with E-state index in [1.165, 1.54) is 19.2 Å². The number of halogens is 3. The fraction of sp³-hybridized carbons (Fsp3) is 0.818. The zero-order chi connectivity index (χ0) is 13.7. The molecule has 1 fully saturated rings. The zero-order valence-corrected chi connectivity index (χ0v) is 10.5. The first-order valence-electron chi connectivity index (χ1n) is 6.29. The van der Waals surface area contributed by atoms with E-state index in [0.717, 1.165) is 5.82 Å². The third-order valence-corrected chi connectivity index (χ3v) is 2.75. The Balaban J connectivity index is 1.63. The van der Waals surface area contributed by atoms with Gasteiger partial charge in [0.15, 0.2) is 0 Å². The van der Waals surface area contributed by atoms with Gasteiger partial charge in [0.05, 0.1) is 6.54 Å². The van der Waals surface area contributed by atoms with Crippen LogP contribution in [0.5, 0.6) is 0 Å². The Morgan fingerprint density at radius 1 is 1.42 bits per heavy atom. The number of rotatable bonds is 8. The first-order chi connectivity index (χ1) is 9.04. The molecular formula is C11H17F3N4O. The summed E-state index contributed by atoms with van der Waals surface area (Å²) >= 11 is 0. The largest absolute Gasteiger partial charge is 0.411 e. The summed E-state index contributed by atoms with van der Waals surface area (Å²) < 4.78 is 41.8. The van der Waals surface area contributed by atoms with Gasteiger partial charge in [0, 0.05) is 19.2 Å². The van der Waals surface area contributed by atoms with Crippen molar-refractivity contribution in [2.24, 2.45) is 0 Å². The molecule has 1 heterocycles. The fourth-order valence-corrected chi connectivity index (χ4v) is 1.64. The zero-order valence-electron chi connectivity index (χ0n) is 10.5. The van der Waals surface area contributed by atoms with Crippen LogP contribution in [-0.4, -0.2) is 40.2 Å². The van der Waals surface area contributed by atoms with Crippen LogP contribution in [0.1, 0.15) is 25.1 Å². The fourth-order valence-electron chi connectivity index (χ4n) is 1.64. The average molecular weight is 278 g/mol. The summed E-state index contributed by atoms with van der Waals surface area (Å²) in [5.41, 5.74) is 0. The van der Waals surface area contributed by atoms with E-state index in [2.05, 4.69) is 20.1 Å². The number of nitrogens with zero attached hydrogens (tertiary/aromatic N) is 3. The highest BCUT2D eigenvalue weighted by atomic mass is 19.4. The minimum Gasteiger partial charge on any atom is -0.372 e. The van der Waals surface area contributed by atoms with Crippen LogP contribution >= 0.6 is 0 Å². The van der Waals surface area contributed by atoms with Crippen LogP contribution in [0, 0.1) is 0 Å². The second-order valence-corrected chi connectivity index (χ2v) is 4.58. The standard InChI is InChI=1S/C11H17F3N4O/c12-11(13,14)7-19-5-1-4-18-10(16-8-17-18)6-15-9-2-3-9/h8-9,15H,1-7H2. The maximum Gasteiger partial charge on any atom is 0.411 e. The third kappa shape index (κ3) is 5.56. The Morgan fingerprint density at radius 3 is 2.89 bits per heavy atom. The van der Waals surface area contributed by atoms with E-state index in [1.54, 1.807) is 4.68 Å². The minimum atomic E-state index is -4.26. The molecule has 1 saturated carbocycles. The molecule has 2 rings (SSSR count). The van der Waals surface area contributed by atoms with Gasteiger partial charge in [0.1, 0.15) is 18.8 Å². The van der Waals surface area contributed by atoms with Gasteiger partial charge in [-0.1, -0.05) is 0 Å². The smallest absolute Gasteiger partial charge is 0.372 e. The molecule has 0 atom stereocenters. The number of ether oxygens (including phenoxy) is 1. The molecule has 0 aromatic carbocycles. The van der Waals surface area contributed by atoms with Crippen LogP contribution in [0.25, 0.3) is 0 Å². The summed E-state index contributed by atoms with van der Waals surface area (Å²) in [5, 5.41) is 7.37. The van der Waals surface area contributed by atoms with Crippen molar-refractivity contribution in [3.8, 4) is 0 Å². The predicted molar refractivity (Wildman–Crippen MR) is 61.4 cm³/mol. The van der Waals surface area contributed by atoms with E-state index in [4.69, 9.17) is 0 Å². The summed E-state index contributed by atoms with van der Waals surface area (Å²) in [7, 11) is 0. The van der Waals surface area contributed by atoms with Gasteiger partial charge < -0.3 is 10.1 Å². The van der Waals surface area contributed by atoms with Crippen molar-refractivity contribution < 1.29 is 17.9 Å². The van der Waals surface area contributed by atoms with E-state index in [-0.39, 0.29) is 6.61 Å². The van der Waals surface area contributed by atoms with Gasteiger partial charge in [-0.15, -0.1) is 0 Å². The number of hydrogen-bond donors (Lipinski definition) is 1. The predicted octanol–water partition coefficient (Wildman–Crippen LogP) is 1.50. The lowest BCUT2D eigenvalue weighted by Gasteiger charge is -2.09. The molecule has 0 unspecified atom stereocenters. The minimum absolute atomic E-state index is 0.0643. The van der Waals surface area contributed by atoms with Crippen LogP contribution in [0.2, 0.25) is 0 Å². The molecule has 1 aromatic rings. The number of aromatic nitrogens is 3. The highest BCUT2D eigenvalue weighted by Crippen LogP contribution is 2.19. The first-order valence-corrected chi connectivity index (χ1v) is 6.29. The Morgan fingerprint density at radius 2 is 2.21 bits per heavy atom. The summed E-state index contributed by atoms with van der Waals surface area (Å²) in [6, 6.07) is 0.584. The summed E-state index contributed by atoms with van der Waals surface area (Å²) in [4.78, 5) is 4.12. The maximum atomic E-state index is 11.8. The topological polar surface area (TPSA) is 52.0 Å². The second-order valence-electron chi connectivity index (χ2n) is 4.58. The molecule has 0 amide bonds. The molecule has 1 aliphatic carbocycles. The highest BCUT2D eigenvalue weighted by Gasteiger charge is 2.27. The lowest BCUT2D eigenvalue weighted by Crippen LogP contribution is -2.20. The Kier molecular flexibility index (Phi) is 4.76. The number of hydrogen-bond acceptors (Lipinski definition) is 4. The molecule has 1 aromatic heterocycles. The van der Waals surface area contributed by atoms with Gasteiger partial charge >= 0.3 is 6.18 Å². The van der Waals surface area contributed by atoms with Crippen molar-refractivity contribution in [3.63, 3.8) is 0 Å². The van der Waals surface area contributed by atoms with Gasteiger partial charge in [-0.25, -0.2) is 9.67 Å². The van der Waals surface area contributed by atoms with Crippen molar-refractivity contribution in [1.82, 2.24) is 20.1 Å². The number of alkyl halides is 3. The molecule has 1 aliphatic rings. The molecule has 19 heavy (non-hydrogen) atoms. The van der Waals surface area contributed by atoms with Gasteiger partial charge in [-0.3, -0.25) is 0 Å². The Hall–Kier alpha value is -1.15. The molecule has 0 aliphatic heterocycles. The van der Waals surface area contributed by atoms with Crippen molar-refractivity contribution in [1.29, 1.82) is 0 Å². The molecule has 0 spiro atoms. The van der Waals surface area contributed by atoms with Gasteiger partial charge in [0.25, 0.3) is 0 Å². The average Bonchev–Trinajstić information content (AvgIpc) is 3.05. The van der Waals surface area contributed by atoms with E-state index in [1.807, 2.05) is 0 Å². The molecule has 1 N–H and O–H groups in total. The summed E-state index contributed by atoms with van der Waals surface area (Å²) in [5.74, 6) is 0.808. The lowest BCUT2D eigenvalue weighted by molar-refractivity contribution is -0.174. The van der Waals surface area contributed by atoms with Crippen molar-refractivity contribution in [3.05, 3.63) is 12.2 Å². The van der Waals surface area contributed by atoms with Crippen LogP contribution in [0.15, 0.2) is 6.33 Å². The Bertz CT molecular complexity index is 390. The monoisotopic (exact) mass is 278 g/mol. The van der Waals surface area contributed by atoms with Crippen molar-refractivity contribution in [2.75, 3.05) is 13.2 Å². The van der Waals surface area contributed by atoms with Crippen LogP contribution < -0.4 is 5.32 Å². The molecule has 0 bridgehead atoms. The molecule has 5 nitrogen and oxygen atoms in total. The maximum absolute atomic E-state index is 11.8.